The third kappa shape index (κ3) is 7.16. The van der Waals surface area contributed by atoms with Crippen LogP contribution in [-0.4, -0.2) is 32.0 Å². The Labute approximate surface area is 195 Å². The summed E-state index contributed by atoms with van der Waals surface area (Å²) in [6, 6.07) is -0.0793. The fourth-order valence-electron chi connectivity index (χ4n) is 4.46. The second-order valence-electron chi connectivity index (χ2n) is 8.79. The van der Waals surface area contributed by atoms with Crippen molar-refractivity contribution in [2.45, 2.75) is 70.3 Å². The fraction of sp³-hybridized carbons (Fsp3) is 0.727. The molecule has 0 spiro atoms. The molecule has 1 aliphatic carbocycles. The maximum absolute atomic E-state index is 14.7. The highest BCUT2D eigenvalue weighted by Gasteiger charge is 2.50. The number of alkyl halides is 7. The van der Waals surface area contributed by atoms with Crippen LogP contribution in [0.3, 0.4) is 0 Å². The van der Waals surface area contributed by atoms with E-state index in [1.54, 1.807) is 0 Å². The molecule has 0 bridgehead atoms. The van der Waals surface area contributed by atoms with Crippen molar-refractivity contribution >= 4 is 0 Å². The molecule has 2 aliphatic rings. The second-order valence-corrected chi connectivity index (χ2v) is 8.79. The van der Waals surface area contributed by atoms with Gasteiger partial charge in [-0.25, -0.2) is 13.5 Å². The molecular weight excluding hydrogens is 499 g/mol. The molecule has 1 saturated carbocycles. The molecule has 0 amide bonds. The molecule has 200 valence electrons. The Kier molecular flexibility index (Phi) is 8.53. The Hall–Kier alpha value is -1.73. The summed E-state index contributed by atoms with van der Waals surface area (Å²) in [7, 11) is 0. The first kappa shape index (κ1) is 27.9. The number of ether oxygens (including phenoxy) is 4. The quantitative estimate of drug-likeness (QED) is 0.340. The Morgan fingerprint density at radius 1 is 0.886 bits per heavy atom. The van der Waals surface area contributed by atoms with Crippen LogP contribution in [0.25, 0.3) is 0 Å². The van der Waals surface area contributed by atoms with Gasteiger partial charge < -0.3 is 14.2 Å². The van der Waals surface area contributed by atoms with Gasteiger partial charge in [0.2, 0.25) is 0 Å². The summed E-state index contributed by atoms with van der Waals surface area (Å²) in [5.74, 6) is -6.80. The predicted octanol–water partition coefficient (Wildman–Crippen LogP) is 7.12. The van der Waals surface area contributed by atoms with Crippen LogP contribution in [0.2, 0.25) is 0 Å². The van der Waals surface area contributed by atoms with Gasteiger partial charge in [-0.2, -0.15) is 17.6 Å². The van der Waals surface area contributed by atoms with Gasteiger partial charge in [0.25, 0.3) is 0 Å². The molecule has 2 fully saturated rings. The van der Waals surface area contributed by atoms with E-state index in [1.807, 2.05) is 6.92 Å². The van der Waals surface area contributed by atoms with E-state index in [1.165, 1.54) is 0 Å². The van der Waals surface area contributed by atoms with Crippen LogP contribution in [0.5, 0.6) is 5.75 Å². The monoisotopic (exact) mass is 524 g/mol. The maximum Gasteiger partial charge on any atom is 0.527 e. The molecule has 0 N–H and O–H groups in total. The van der Waals surface area contributed by atoms with E-state index in [9.17, 15) is 39.5 Å². The van der Waals surface area contributed by atoms with Crippen LogP contribution in [-0.2, 0) is 20.3 Å². The molecule has 35 heavy (non-hydrogen) atoms. The van der Waals surface area contributed by atoms with Crippen LogP contribution in [0, 0.1) is 29.4 Å². The molecule has 3 rings (SSSR count). The van der Waals surface area contributed by atoms with Gasteiger partial charge in [-0.1, -0.05) is 13.3 Å². The molecule has 0 radical (unpaired) electrons. The van der Waals surface area contributed by atoms with E-state index >= 15 is 0 Å². The van der Waals surface area contributed by atoms with Gasteiger partial charge in [0.15, 0.2) is 6.29 Å². The Balaban J connectivity index is 1.60. The summed E-state index contributed by atoms with van der Waals surface area (Å²) in [6.07, 6.45) is -13.2. The lowest BCUT2D eigenvalue weighted by Crippen LogP contribution is -2.42. The van der Waals surface area contributed by atoms with E-state index in [0.717, 1.165) is 12.8 Å². The van der Waals surface area contributed by atoms with Crippen molar-refractivity contribution in [2.75, 3.05) is 13.2 Å². The Bertz CT molecular complexity index is 823. The van der Waals surface area contributed by atoms with Crippen LogP contribution < -0.4 is 4.74 Å². The highest BCUT2D eigenvalue weighted by atomic mass is 19.4. The Morgan fingerprint density at radius 3 is 1.91 bits per heavy atom. The normalized spacial score (nSPS) is 26.6. The van der Waals surface area contributed by atoms with Crippen LogP contribution in [0.4, 0.5) is 39.5 Å². The van der Waals surface area contributed by atoms with Crippen molar-refractivity contribution in [3.05, 3.63) is 29.3 Å². The van der Waals surface area contributed by atoms with E-state index in [-0.39, 0.29) is 36.8 Å². The van der Waals surface area contributed by atoms with E-state index in [4.69, 9.17) is 9.47 Å². The molecule has 0 unspecified atom stereocenters. The van der Waals surface area contributed by atoms with Crippen molar-refractivity contribution in [2.24, 2.45) is 17.8 Å². The summed E-state index contributed by atoms with van der Waals surface area (Å²) in [6.45, 7) is 3.10. The highest BCUT2D eigenvalue weighted by molar-refractivity contribution is 5.32. The molecular formula is C22H25F9O4. The van der Waals surface area contributed by atoms with Gasteiger partial charge in [0.05, 0.1) is 19.1 Å². The van der Waals surface area contributed by atoms with Gasteiger partial charge in [-0.3, -0.25) is 0 Å². The van der Waals surface area contributed by atoms with Crippen molar-refractivity contribution in [3.8, 4) is 5.75 Å². The standard InChI is InChI=1S/C22H25F9O4/c1-2-3-12-10-32-19(33-11-12)13-4-6-14(7-5-13)20(25,26)34-15-8-16(23)18(17(24)9-15)21(27,28)35-22(29,30)31/h8-9,12-14,19H,2-7,10-11H2,1H3. The molecule has 1 aromatic carbocycles. The summed E-state index contributed by atoms with van der Waals surface area (Å²) in [5, 5.41) is 0. The topological polar surface area (TPSA) is 36.9 Å². The van der Waals surface area contributed by atoms with Crippen LogP contribution >= 0.6 is 0 Å². The van der Waals surface area contributed by atoms with E-state index < -0.39 is 53.7 Å². The first-order valence-electron chi connectivity index (χ1n) is 11.2. The smallest absolute Gasteiger partial charge is 0.432 e. The molecule has 1 aromatic rings. The molecule has 13 heteroatoms. The maximum atomic E-state index is 14.7. The van der Waals surface area contributed by atoms with Gasteiger partial charge in [-0.05, 0) is 32.1 Å². The Morgan fingerprint density at radius 2 is 1.43 bits per heavy atom. The highest BCUT2D eigenvalue weighted by Crippen LogP contribution is 2.44. The number of hydrogen-bond donors (Lipinski definition) is 0. The summed E-state index contributed by atoms with van der Waals surface area (Å²) in [5.41, 5.74) is -2.38. The third-order valence-corrected chi connectivity index (χ3v) is 6.13. The van der Waals surface area contributed by atoms with Gasteiger partial charge in [0, 0.05) is 24.0 Å². The van der Waals surface area contributed by atoms with Crippen LogP contribution in [0.15, 0.2) is 12.1 Å². The van der Waals surface area contributed by atoms with Gasteiger partial charge >= 0.3 is 18.6 Å². The molecule has 4 nitrogen and oxygen atoms in total. The lowest BCUT2D eigenvalue weighted by molar-refractivity contribution is -0.432. The minimum absolute atomic E-state index is 0.0280. The number of hydrogen-bond acceptors (Lipinski definition) is 4. The molecule has 1 heterocycles. The average molecular weight is 524 g/mol. The number of halogens is 9. The van der Waals surface area contributed by atoms with Crippen molar-refractivity contribution in [1.82, 2.24) is 0 Å². The zero-order valence-electron chi connectivity index (χ0n) is 18.7. The molecule has 1 aliphatic heterocycles. The predicted molar refractivity (Wildman–Crippen MR) is 103 cm³/mol. The minimum atomic E-state index is -5.91. The van der Waals surface area contributed by atoms with Gasteiger partial charge in [0.1, 0.15) is 22.9 Å². The zero-order valence-corrected chi connectivity index (χ0v) is 18.7. The summed E-state index contributed by atoms with van der Waals surface area (Å²) < 4.78 is 139. The molecule has 0 atom stereocenters. The zero-order chi connectivity index (χ0) is 26.0. The molecule has 0 aromatic heterocycles. The van der Waals surface area contributed by atoms with Crippen molar-refractivity contribution in [3.63, 3.8) is 0 Å². The lowest BCUT2D eigenvalue weighted by Gasteiger charge is -2.39. The van der Waals surface area contributed by atoms with Crippen molar-refractivity contribution < 1.29 is 58.5 Å². The number of benzene rings is 1. The fourth-order valence-corrected chi connectivity index (χ4v) is 4.46. The minimum Gasteiger partial charge on any atom is -0.432 e. The third-order valence-electron chi connectivity index (χ3n) is 6.13. The first-order valence-corrected chi connectivity index (χ1v) is 11.2. The van der Waals surface area contributed by atoms with E-state index in [0.29, 0.717) is 26.1 Å². The second kappa shape index (κ2) is 10.7. The molecule has 1 saturated heterocycles. The first-order chi connectivity index (χ1) is 16.2. The largest absolute Gasteiger partial charge is 0.527 e. The average Bonchev–Trinajstić information content (AvgIpc) is 2.72. The summed E-state index contributed by atoms with van der Waals surface area (Å²) >= 11 is 0. The SMILES string of the molecule is CCCC1COC(C2CCC(C(F)(F)Oc3cc(F)c(C(F)(F)OC(F)(F)F)c(F)c3)CC2)OC1. The lowest BCUT2D eigenvalue weighted by atomic mass is 9.80. The van der Waals surface area contributed by atoms with Gasteiger partial charge in [-0.15, -0.1) is 13.2 Å². The van der Waals surface area contributed by atoms with Crippen molar-refractivity contribution in [1.29, 1.82) is 0 Å². The summed E-state index contributed by atoms with van der Waals surface area (Å²) in [4.78, 5) is 0. The van der Waals surface area contributed by atoms with Crippen LogP contribution in [0.1, 0.15) is 51.0 Å². The van der Waals surface area contributed by atoms with E-state index in [2.05, 4.69) is 9.47 Å². The number of rotatable bonds is 8.